The lowest BCUT2D eigenvalue weighted by Gasteiger charge is -2.26. The predicted octanol–water partition coefficient (Wildman–Crippen LogP) is 2.17. The molecule has 94 valence electrons. The van der Waals surface area contributed by atoms with E-state index in [4.69, 9.17) is 0 Å². The smallest absolute Gasteiger partial charge is 0.219 e. The van der Waals surface area contributed by atoms with Crippen LogP contribution >= 0.6 is 0 Å². The van der Waals surface area contributed by atoms with E-state index in [1.165, 1.54) is 58.2 Å². The maximum absolute atomic E-state index is 11.0. The third kappa shape index (κ3) is 6.11. The number of carbonyl (C=O) groups is 1. The number of nitrogens with one attached hydrogen (secondary N) is 1. The molecule has 1 aliphatic rings. The second kappa shape index (κ2) is 8.57. The Bertz CT molecular complexity index is 188. The second-order valence-corrected chi connectivity index (χ2v) is 4.74. The van der Waals surface area contributed by atoms with Gasteiger partial charge in [-0.2, -0.15) is 0 Å². The van der Waals surface area contributed by atoms with Gasteiger partial charge in [-0.05, 0) is 45.3 Å². The lowest BCUT2D eigenvalue weighted by atomic mass is 10.1. The normalized spacial score (nSPS) is 17.3. The Balaban J connectivity index is 1.85. The summed E-state index contributed by atoms with van der Waals surface area (Å²) in [6.45, 7) is 3.87. The lowest BCUT2D eigenvalue weighted by molar-refractivity contribution is -0.120. The molecule has 1 fully saturated rings. The average Bonchev–Trinajstić information content (AvgIpc) is 2.34. The van der Waals surface area contributed by atoms with E-state index in [0.29, 0.717) is 6.42 Å². The van der Waals surface area contributed by atoms with Crippen molar-refractivity contribution in [3.63, 3.8) is 0 Å². The third-order valence-electron chi connectivity index (χ3n) is 3.36. The Hall–Kier alpha value is -0.570. The van der Waals surface area contributed by atoms with Crippen molar-refractivity contribution in [1.82, 2.24) is 10.2 Å². The molecule has 0 unspecified atom stereocenters. The van der Waals surface area contributed by atoms with Gasteiger partial charge in [-0.25, -0.2) is 0 Å². The molecule has 1 amide bonds. The maximum atomic E-state index is 11.0. The summed E-state index contributed by atoms with van der Waals surface area (Å²) >= 11 is 0. The predicted molar refractivity (Wildman–Crippen MR) is 67.4 cm³/mol. The van der Waals surface area contributed by atoms with Gasteiger partial charge in [0, 0.05) is 13.5 Å². The lowest BCUT2D eigenvalue weighted by Crippen LogP contribution is -2.30. The zero-order chi connectivity index (χ0) is 11.6. The highest BCUT2D eigenvalue weighted by atomic mass is 16.1. The van der Waals surface area contributed by atoms with Crippen molar-refractivity contribution in [1.29, 1.82) is 0 Å². The van der Waals surface area contributed by atoms with Crippen LogP contribution < -0.4 is 5.32 Å². The molecule has 1 saturated heterocycles. The number of likely N-dealkylation sites (tertiary alicyclic amines) is 1. The zero-order valence-corrected chi connectivity index (χ0v) is 10.6. The number of rotatable bonds is 7. The molecule has 16 heavy (non-hydrogen) atoms. The van der Waals surface area contributed by atoms with Crippen molar-refractivity contribution in [3.8, 4) is 0 Å². The van der Waals surface area contributed by atoms with Crippen molar-refractivity contribution in [2.45, 2.75) is 51.4 Å². The topological polar surface area (TPSA) is 32.3 Å². The number of hydrogen-bond donors (Lipinski definition) is 1. The van der Waals surface area contributed by atoms with Gasteiger partial charge in [0.15, 0.2) is 0 Å². The molecule has 1 rings (SSSR count). The summed E-state index contributed by atoms with van der Waals surface area (Å²) in [6, 6.07) is 0. The summed E-state index contributed by atoms with van der Waals surface area (Å²) in [4.78, 5) is 13.6. The molecule has 0 aliphatic carbocycles. The van der Waals surface area contributed by atoms with E-state index in [0.717, 1.165) is 6.42 Å². The average molecular weight is 226 g/mol. The molecule has 0 saturated carbocycles. The highest BCUT2D eigenvalue weighted by Gasteiger charge is 2.08. The number of carbonyl (C=O) groups excluding carboxylic acids is 1. The minimum absolute atomic E-state index is 0.177. The van der Waals surface area contributed by atoms with Crippen LogP contribution in [-0.2, 0) is 4.79 Å². The van der Waals surface area contributed by atoms with Gasteiger partial charge in [-0.1, -0.05) is 19.3 Å². The van der Waals surface area contributed by atoms with Crippen LogP contribution in [0, 0.1) is 0 Å². The first kappa shape index (κ1) is 13.5. The van der Waals surface area contributed by atoms with Crippen LogP contribution in [0.15, 0.2) is 0 Å². The Morgan fingerprint density at radius 1 is 1.06 bits per heavy atom. The van der Waals surface area contributed by atoms with E-state index < -0.39 is 0 Å². The largest absolute Gasteiger partial charge is 0.359 e. The molecule has 0 aromatic rings. The summed E-state index contributed by atoms with van der Waals surface area (Å²) in [6.07, 6.45) is 9.69. The fourth-order valence-electron chi connectivity index (χ4n) is 2.28. The van der Waals surface area contributed by atoms with Gasteiger partial charge >= 0.3 is 0 Å². The van der Waals surface area contributed by atoms with Crippen molar-refractivity contribution < 1.29 is 4.79 Å². The van der Waals surface area contributed by atoms with Crippen LogP contribution in [0.25, 0.3) is 0 Å². The number of unbranched alkanes of at least 4 members (excludes halogenated alkanes) is 3. The van der Waals surface area contributed by atoms with Crippen LogP contribution in [0.3, 0.4) is 0 Å². The minimum Gasteiger partial charge on any atom is -0.359 e. The van der Waals surface area contributed by atoms with Gasteiger partial charge in [-0.15, -0.1) is 0 Å². The van der Waals surface area contributed by atoms with Gasteiger partial charge in [-0.3, -0.25) is 4.79 Å². The highest BCUT2D eigenvalue weighted by Crippen LogP contribution is 2.10. The number of nitrogens with zero attached hydrogens (tertiary/aromatic N) is 1. The highest BCUT2D eigenvalue weighted by molar-refractivity contribution is 5.75. The molecule has 0 atom stereocenters. The fraction of sp³-hybridized carbons (Fsp3) is 0.923. The Labute approximate surface area is 99.6 Å². The molecule has 0 spiro atoms. The molecule has 1 N–H and O–H groups in total. The molecule has 0 aromatic carbocycles. The summed E-state index contributed by atoms with van der Waals surface area (Å²) in [5.41, 5.74) is 0. The summed E-state index contributed by atoms with van der Waals surface area (Å²) in [7, 11) is 1.71. The van der Waals surface area contributed by atoms with E-state index in [2.05, 4.69) is 10.2 Å². The quantitative estimate of drug-likeness (QED) is 0.675. The van der Waals surface area contributed by atoms with E-state index in [9.17, 15) is 4.79 Å². The van der Waals surface area contributed by atoms with Crippen LogP contribution in [0.5, 0.6) is 0 Å². The van der Waals surface area contributed by atoms with E-state index in [1.54, 1.807) is 7.05 Å². The standard InChI is InChI=1S/C13H26N2O/c1-14-13(16)9-5-2-3-6-10-15-11-7-4-8-12-15/h2-12H2,1H3,(H,14,16). The van der Waals surface area contributed by atoms with Gasteiger partial charge in [0.05, 0.1) is 0 Å². The van der Waals surface area contributed by atoms with Crippen molar-refractivity contribution >= 4 is 5.91 Å². The van der Waals surface area contributed by atoms with Crippen LogP contribution in [0.4, 0.5) is 0 Å². The van der Waals surface area contributed by atoms with Crippen LogP contribution in [0.2, 0.25) is 0 Å². The van der Waals surface area contributed by atoms with Gasteiger partial charge in [0.2, 0.25) is 5.91 Å². The first-order valence-corrected chi connectivity index (χ1v) is 6.76. The molecule has 0 bridgehead atoms. The molecular weight excluding hydrogens is 200 g/mol. The summed E-state index contributed by atoms with van der Waals surface area (Å²) < 4.78 is 0. The van der Waals surface area contributed by atoms with Gasteiger partial charge in [0.1, 0.15) is 0 Å². The molecule has 1 heterocycles. The number of piperidine rings is 1. The molecule has 0 aromatic heterocycles. The second-order valence-electron chi connectivity index (χ2n) is 4.74. The SMILES string of the molecule is CNC(=O)CCCCCCN1CCCCC1. The van der Waals surface area contributed by atoms with Crippen LogP contribution in [0.1, 0.15) is 51.4 Å². The molecule has 0 radical (unpaired) electrons. The van der Waals surface area contributed by atoms with Gasteiger partial charge < -0.3 is 10.2 Å². The molecule has 3 nitrogen and oxygen atoms in total. The Morgan fingerprint density at radius 2 is 1.75 bits per heavy atom. The van der Waals surface area contributed by atoms with Crippen LogP contribution in [-0.4, -0.2) is 37.5 Å². The third-order valence-corrected chi connectivity index (χ3v) is 3.36. The summed E-state index contributed by atoms with van der Waals surface area (Å²) in [5, 5.41) is 2.66. The van der Waals surface area contributed by atoms with Gasteiger partial charge in [0.25, 0.3) is 0 Å². The zero-order valence-electron chi connectivity index (χ0n) is 10.6. The number of hydrogen-bond acceptors (Lipinski definition) is 2. The van der Waals surface area contributed by atoms with Crippen molar-refractivity contribution in [2.75, 3.05) is 26.7 Å². The molecular formula is C13H26N2O. The monoisotopic (exact) mass is 226 g/mol. The first-order valence-electron chi connectivity index (χ1n) is 6.76. The van der Waals surface area contributed by atoms with E-state index in [-0.39, 0.29) is 5.91 Å². The Morgan fingerprint density at radius 3 is 2.44 bits per heavy atom. The number of amides is 1. The van der Waals surface area contributed by atoms with Crippen molar-refractivity contribution in [3.05, 3.63) is 0 Å². The minimum atomic E-state index is 0.177. The fourth-order valence-corrected chi connectivity index (χ4v) is 2.28. The Kier molecular flexibility index (Phi) is 7.23. The molecule has 1 aliphatic heterocycles. The molecule has 3 heteroatoms. The van der Waals surface area contributed by atoms with Crippen molar-refractivity contribution in [2.24, 2.45) is 0 Å². The van der Waals surface area contributed by atoms with E-state index >= 15 is 0 Å². The maximum Gasteiger partial charge on any atom is 0.219 e. The summed E-state index contributed by atoms with van der Waals surface area (Å²) in [5.74, 6) is 0.177. The first-order chi connectivity index (χ1) is 7.83. The van der Waals surface area contributed by atoms with E-state index in [1.807, 2.05) is 0 Å².